The smallest absolute Gasteiger partial charge is 0.341 e. The van der Waals surface area contributed by atoms with Gasteiger partial charge in [0.05, 0.1) is 13.2 Å². The van der Waals surface area contributed by atoms with Gasteiger partial charge in [0, 0.05) is 24.8 Å². The van der Waals surface area contributed by atoms with Crippen molar-refractivity contribution in [1.29, 1.82) is 0 Å². The maximum Gasteiger partial charge on any atom is 0.341 e. The number of ether oxygens (including phenoxy) is 1. The van der Waals surface area contributed by atoms with E-state index in [4.69, 9.17) is 4.74 Å². The second-order valence-electron chi connectivity index (χ2n) is 5.38. The molecule has 1 amide bonds. The monoisotopic (exact) mass is 301 g/mol. The van der Waals surface area contributed by atoms with Crippen LogP contribution in [-0.4, -0.2) is 54.5 Å². The number of esters is 1. The molecule has 2 aromatic heterocycles. The van der Waals surface area contributed by atoms with Gasteiger partial charge >= 0.3 is 5.97 Å². The summed E-state index contributed by atoms with van der Waals surface area (Å²) >= 11 is 0. The van der Waals surface area contributed by atoms with Crippen LogP contribution in [0.15, 0.2) is 30.5 Å². The number of pyridine rings is 1. The van der Waals surface area contributed by atoms with Gasteiger partial charge in [0.15, 0.2) is 0 Å². The molecule has 0 saturated carbocycles. The predicted octanol–water partition coefficient (Wildman–Crippen LogP) is 1.39. The molecule has 0 bridgehead atoms. The summed E-state index contributed by atoms with van der Waals surface area (Å²) in [4.78, 5) is 28.3. The third kappa shape index (κ3) is 2.46. The third-order valence-corrected chi connectivity index (χ3v) is 3.82. The molecule has 116 valence electrons. The Hall–Kier alpha value is -2.34. The van der Waals surface area contributed by atoms with Gasteiger partial charge in [-0.05, 0) is 32.2 Å². The Balaban J connectivity index is 2.11. The summed E-state index contributed by atoms with van der Waals surface area (Å²) in [5.41, 5.74) is 1.30. The molecule has 1 fully saturated rings. The van der Waals surface area contributed by atoms with Gasteiger partial charge in [0.1, 0.15) is 11.4 Å². The number of piperazine rings is 1. The van der Waals surface area contributed by atoms with Crippen LogP contribution < -0.4 is 4.90 Å². The summed E-state index contributed by atoms with van der Waals surface area (Å²) in [6.45, 7) is 3.76. The maximum absolute atomic E-state index is 12.4. The van der Waals surface area contributed by atoms with Crippen molar-refractivity contribution in [3.8, 4) is 0 Å². The summed E-state index contributed by atoms with van der Waals surface area (Å²) in [7, 11) is 1.91. The van der Waals surface area contributed by atoms with Crippen molar-refractivity contribution < 1.29 is 14.3 Å². The largest absolute Gasteiger partial charge is 0.462 e. The van der Waals surface area contributed by atoms with E-state index in [1.807, 2.05) is 40.7 Å². The average molecular weight is 301 g/mol. The number of hydrogen-bond acceptors (Lipinski definition) is 4. The Labute approximate surface area is 128 Å². The number of aromatic nitrogens is 1. The number of likely N-dealkylation sites (N-methyl/N-ethyl adjacent to an activating group) is 1. The minimum absolute atomic E-state index is 0.0110. The summed E-state index contributed by atoms with van der Waals surface area (Å²) < 4.78 is 7.02. The number of carbonyl (C=O) groups excluding carboxylic acids is 2. The molecular weight excluding hydrogens is 282 g/mol. The minimum atomic E-state index is -0.395. The molecule has 1 aliphatic rings. The number of rotatable bonds is 3. The van der Waals surface area contributed by atoms with Gasteiger partial charge in [0.2, 0.25) is 5.91 Å². The van der Waals surface area contributed by atoms with Crippen LogP contribution in [0.25, 0.3) is 5.52 Å². The van der Waals surface area contributed by atoms with Crippen LogP contribution in [0, 0.1) is 0 Å². The normalized spacial score (nSPS) is 16.3. The van der Waals surface area contributed by atoms with Crippen LogP contribution in [0.5, 0.6) is 0 Å². The van der Waals surface area contributed by atoms with Crippen molar-refractivity contribution in [3.63, 3.8) is 0 Å². The first-order valence-corrected chi connectivity index (χ1v) is 7.38. The number of anilines is 1. The molecule has 0 atom stereocenters. The Morgan fingerprint density at radius 3 is 2.86 bits per heavy atom. The molecule has 1 aliphatic heterocycles. The second-order valence-corrected chi connectivity index (χ2v) is 5.38. The fourth-order valence-electron chi connectivity index (χ4n) is 2.76. The zero-order valence-corrected chi connectivity index (χ0v) is 12.8. The lowest BCUT2D eigenvalue weighted by Crippen LogP contribution is -2.49. The summed E-state index contributed by atoms with van der Waals surface area (Å²) in [6.07, 6.45) is 1.86. The van der Waals surface area contributed by atoms with Crippen LogP contribution in [0.3, 0.4) is 0 Å². The Morgan fingerprint density at radius 2 is 2.14 bits per heavy atom. The number of hydrogen-bond donors (Lipinski definition) is 0. The Kier molecular flexibility index (Phi) is 3.85. The van der Waals surface area contributed by atoms with E-state index in [0.29, 0.717) is 31.1 Å². The summed E-state index contributed by atoms with van der Waals surface area (Å²) in [5, 5.41) is 0. The first-order valence-electron chi connectivity index (χ1n) is 7.38. The van der Waals surface area contributed by atoms with E-state index in [1.54, 1.807) is 17.9 Å². The Morgan fingerprint density at radius 1 is 1.32 bits per heavy atom. The van der Waals surface area contributed by atoms with Crippen molar-refractivity contribution in [2.75, 3.05) is 38.2 Å². The first-order chi connectivity index (χ1) is 10.6. The highest BCUT2D eigenvalue weighted by molar-refractivity contribution is 6.04. The first kappa shape index (κ1) is 14.6. The van der Waals surface area contributed by atoms with Gasteiger partial charge in [-0.3, -0.25) is 14.6 Å². The van der Waals surface area contributed by atoms with Crippen LogP contribution in [0.4, 0.5) is 5.82 Å². The summed E-state index contributed by atoms with van der Waals surface area (Å²) in [6, 6.07) is 7.47. The van der Waals surface area contributed by atoms with Gasteiger partial charge in [-0.25, -0.2) is 4.79 Å². The highest BCUT2D eigenvalue weighted by Gasteiger charge is 2.29. The molecule has 0 radical (unpaired) electrons. The van der Waals surface area contributed by atoms with Crippen molar-refractivity contribution >= 4 is 23.2 Å². The highest BCUT2D eigenvalue weighted by Crippen LogP contribution is 2.27. The lowest BCUT2D eigenvalue weighted by molar-refractivity contribution is -0.120. The van der Waals surface area contributed by atoms with Crippen LogP contribution in [-0.2, 0) is 9.53 Å². The standard InChI is InChI=1S/C16H19N3O3/c1-3-22-16(21)13-10-12-6-4-5-7-18(12)15(13)19-9-8-17(2)11-14(19)20/h4-7,10H,3,8-9,11H2,1-2H3. The Bertz CT molecular complexity index is 722. The van der Waals surface area contributed by atoms with E-state index in [-0.39, 0.29) is 5.91 Å². The number of carbonyl (C=O) groups is 2. The van der Waals surface area contributed by atoms with E-state index in [1.165, 1.54) is 0 Å². The fraction of sp³-hybridized carbons (Fsp3) is 0.375. The van der Waals surface area contributed by atoms with E-state index in [9.17, 15) is 9.59 Å². The van der Waals surface area contributed by atoms with Crippen molar-refractivity contribution in [2.24, 2.45) is 0 Å². The fourth-order valence-corrected chi connectivity index (χ4v) is 2.76. The van der Waals surface area contributed by atoms with Crippen LogP contribution in [0.2, 0.25) is 0 Å². The second kappa shape index (κ2) is 5.81. The molecule has 22 heavy (non-hydrogen) atoms. The topological polar surface area (TPSA) is 54.3 Å². The third-order valence-electron chi connectivity index (χ3n) is 3.82. The zero-order valence-electron chi connectivity index (χ0n) is 12.8. The molecule has 6 nitrogen and oxygen atoms in total. The maximum atomic E-state index is 12.4. The van der Waals surface area contributed by atoms with E-state index in [0.717, 1.165) is 12.1 Å². The molecular formula is C16H19N3O3. The van der Waals surface area contributed by atoms with Gasteiger partial charge in [-0.2, -0.15) is 0 Å². The number of amides is 1. The molecule has 0 N–H and O–H groups in total. The zero-order chi connectivity index (χ0) is 15.7. The van der Waals surface area contributed by atoms with E-state index in [2.05, 4.69) is 0 Å². The van der Waals surface area contributed by atoms with Crippen LogP contribution in [0.1, 0.15) is 17.3 Å². The number of nitrogens with zero attached hydrogens (tertiary/aromatic N) is 3. The van der Waals surface area contributed by atoms with Gasteiger partial charge in [0.25, 0.3) is 0 Å². The lowest BCUT2D eigenvalue weighted by atomic mass is 10.2. The molecule has 3 heterocycles. The lowest BCUT2D eigenvalue weighted by Gasteiger charge is -2.32. The number of fused-ring (bicyclic) bond motifs is 1. The SMILES string of the molecule is CCOC(=O)c1cc2ccccn2c1N1CCN(C)CC1=O. The van der Waals surface area contributed by atoms with E-state index >= 15 is 0 Å². The molecule has 0 aliphatic carbocycles. The van der Waals surface area contributed by atoms with Crippen molar-refractivity contribution in [1.82, 2.24) is 9.30 Å². The molecule has 6 heteroatoms. The van der Waals surface area contributed by atoms with E-state index < -0.39 is 5.97 Å². The van der Waals surface area contributed by atoms with Crippen molar-refractivity contribution in [2.45, 2.75) is 6.92 Å². The summed E-state index contributed by atoms with van der Waals surface area (Å²) in [5.74, 6) is 0.197. The molecule has 3 rings (SSSR count). The molecule has 0 aromatic carbocycles. The predicted molar refractivity (Wildman–Crippen MR) is 83.2 cm³/mol. The van der Waals surface area contributed by atoms with Crippen LogP contribution >= 0.6 is 0 Å². The van der Waals surface area contributed by atoms with Crippen molar-refractivity contribution in [3.05, 3.63) is 36.0 Å². The average Bonchev–Trinajstić information content (AvgIpc) is 2.87. The molecule has 0 spiro atoms. The minimum Gasteiger partial charge on any atom is -0.462 e. The highest BCUT2D eigenvalue weighted by atomic mass is 16.5. The molecule has 0 unspecified atom stereocenters. The van der Waals surface area contributed by atoms with Gasteiger partial charge < -0.3 is 9.14 Å². The molecule has 1 saturated heterocycles. The quantitative estimate of drug-likeness (QED) is 0.804. The van der Waals surface area contributed by atoms with Gasteiger partial charge in [-0.1, -0.05) is 6.07 Å². The van der Waals surface area contributed by atoms with Gasteiger partial charge in [-0.15, -0.1) is 0 Å². The molecule has 2 aromatic rings.